The van der Waals surface area contributed by atoms with Gasteiger partial charge in [0.1, 0.15) is 11.5 Å². The van der Waals surface area contributed by atoms with E-state index in [1.54, 1.807) is 6.20 Å². The van der Waals surface area contributed by atoms with Gasteiger partial charge in [-0.05, 0) is 30.9 Å². The minimum Gasteiger partial charge on any atom is -0.493 e. The average molecular weight is 231 g/mol. The van der Waals surface area contributed by atoms with Gasteiger partial charge in [-0.2, -0.15) is 0 Å². The lowest BCUT2D eigenvalue weighted by molar-refractivity contribution is 0.298. The third kappa shape index (κ3) is 2.75. The quantitative estimate of drug-likeness (QED) is 0.858. The minimum atomic E-state index is 0.448. The van der Waals surface area contributed by atoms with Crippen LogP contribution >= 0.6 is 0 Å². The second kappa shape index (κ2) is 4.45. The number of nitrogens with zero attached hydrogens (tertiary/aromatic N) is 2. The molecular formula is C12H13N3O2. The van der Waals surface area contributed by atoms with E-state index in [0.29, 0.717) is 11.6 Å². The van der Waals surface area contributed by atoms with Gasteiger partial charge in [-0.25, -0.2) is 0 Å². The molecule has 1 saturated carbocycles. The first-order valence-corrected chi connectivity index (χ1v) is 5.67. The Bertz CT molecular complexity index is 480. The Balaban J connectivity index is 1.65. The van der Waals surface area contributed by atoms with Crippen molar-refractivity contribution in [2.24, 2.45) is 5.92 Å². The van der Waals surface area contributed by atoms with Gasteiger partial charge >= 0.3 is 0 Å². The van der Waals surface area contributed by atoms with E-state index in [1.807, 2.05) is 24.3 Å². The summed E-state index contributed by atoms with van der Waals surface area (Å²) in [7, 11) is 0. The number of nitrogens with one attached hydrogen (secondary N) is 1. The molecule has 0 spiro atoms. The Morgan fingerprint density at radius 2 is 2.18 bits per heavy atom. The van der Waals surface area contributed by atoms with Crippen molar-refractivity contribution in [3.63, 3.8) is 0 Å². The highest BCUT2D eigenvalue weighted by Gasteiger charge is 2.21. The number of benzene rings is 1. The Kier molecular flexibility index (Phi) is 2.65. The molecule has 0 atom stereocenters. The fraction of sp³-hybridized carbons (Fsp3) is 0.333. The first kappa shape index (κ1) is 10.1. The molecule has 0 unspecified atom stereocenters. The van der Waals surface area contributed by atoms with Crippen molar-refractivity contribution >= 4 is 0 Å². The minimum absolute atomic E-state index is 0.448. The smallest absolute Gasteiger partial charge is 0.258 e. The van der Waals surface area contributed by atoms with Crippen LogP contribution in [0.3, 0.4) is 0 Å². The molecule has 88 valence electrons. The molecule has 17 heavy (non-hydrogen) atoms. The van der Waals surface area contributed by atoms with Crippen LogP contribution in [0.2, 0.25) is 0 Å². The fourth-order valence-electron chi connectivity index (χ4n) is 1.49. The Morgan fingerprint density at radius 3 is 2.94 bits per heavy atom. The van der Waals surface area contributed by atoms with Crippen LogP contribution in [0.1, 0.15) is 12.8 Å². The molecule has 5 heteroatoms. The third-order valence-electron chi connectivity index (χ3n) is 2.60. The second-order valence-electron chi connectivity index (χ2n) is 4.14. The van der Waals surface area contributed by atoms with E-state index < -0.39 is 0 Å². The van der Waals surface area contributed by atoms with Crippen LogP contribution in [-0.2, 0) is 0 Å². The SMILES string of the molecule is c1cc(OCC2CC2)cc(Oc2c[nH]nn2)c1. The number of H-pyrrole nitrogens is 1. The largest absolute Gasteiger partial charge is 0.493 e. The summed E-state index contributed by atoms with van der Waals surface area (Å²) in [5.41, 5.74) is 0. The predicted molar refractivity (Wildman–Crippen MR) is 61.1 cm³/mol. The van der Waals surface area contributed by atoms with Gasteiger partial charge in [-0.1, -0.05) is 16.4 Å². The van der Waals surface area contributed by atoms with E-state index in [9.17, 15) is 0 Å². The number of aromatic amines is 1. The molecule has 0 aliphatic heterocycles. The first-order chi connectivity index (χ1) is 8.40. The fourth-order valence-corrected chi connectivity index (χ4v) is 1.49. The number of hydrogen-bond donors (Lipinski definition) is 1. The summed E-state index contributed by atoms with van der Waals surface area (Å²) in [5, 5.41) is 9.93. The normalized spacial score (nSPS) is 14.6. The molecule has 1 aliphatic carbocycles. The molecule has 3 rings (SSSR count). The van der Waals surface area contributed by atoms with E-state index >= 15 is 0 Å². The summed E-state index contributed by atoms with van der Waals surface area (Å²) in [5.74, 6) is 2.73. The van der Waals surface area contributed by atoms with Gasteiger partial charge in [0.15, 0.2) is 0 Å². The van der Waals surface area contributed by atoms with E-state index in [-0.39, 0.29) is 0 Å². The molecule has 1 N–H and O–H groups in total. The summed E-state index contributed by atoms with van der Waals surface area (Å²) in [4.78, 5) is 0. The molecule has 1 fully saturated rings. The van der Waals surface area contributed by atoms with Crippen LogP contribution in [0, 0.1) is 5.92 Å². The molecule has 0 bridgehead atoms. The molecule has 0 radical (unpaired) electrons. The number of hydrogen-bond acceptors (Lipinski definition) is 4. The van der Waals surface area contributed by atoms with Crippen LogP contribution in [-0.4, -0.2) is 22.0 Å². The molecule has 1 aliphatic rings. The second-order valence-corrected chi connectivity index (χ2v) is 4.14. The lowest BCUT2D eigenvalue weighted by Crippen LogP contribution is -1.98. The lowest BCUT2D eigenvalue weighted by Gasteiger charge is -2.07. The van der Waals surface area contributed by atoms with Crippen molar-refractivity contribution in [3.8, 4) is 17.4 Å². The van der Waals surface area contributed by atoms with Gasteiger partial charge in [0.25, 0.3) is 5.88 Å². The topological polar surface area (TPSA) is 60.0 Å². The molecule has 1 aromatic carbocycles. The zero-order valence-electron chi connectivity index (χ0n) is 9.30. The van der Waals surface area contributed by atoms with Crippen molar-refractivity contribution in [2.45, 2.75) is 12.8 Å². The van der Waals surface area contributed by atoms with Crippen molar-refractivity contribution in [3.05, 3.63) is 30.5 Å². The molecule has 2 aromatic rings. The van der Waals surface area contributed by atoms with Gasteiger partial charge in [-0.15, -0.1) is 0 Å². The Morgan fingerprint density at radius 1 is 1.29 bits per heavy atom. The Labute approximate surface area is 98.8 Å². The molecule has 1 heterocycles. The van der Waals surface area contributed by atoms with E-state index in [0.717, 1.165) is 18.3 Å². The van der Waals surface area contributed by atoms with Crippen LogP contribution in [0.5, 0.6) is 17.4 Å². The first-order valence-electron chi connectivity index (χ1n) is 5.67. The maximum absolute atomic E-state index is 5.67. The zero-order valence-corrected chi connectivity index (χ0v) is 9.30. The van der Waals surface area contributed by atoms with Gasteiger partial charge in [-0.3, -0.25) is 5.10 Å². The maximum Gasteiger partial charge on any atom is 0.258 e. The van der Waals surface area contributed by atoms with Gasteiger partial charge in [0.2, 0.25) is 0 Å². The summed E-state index contributed by atoms with van der Waals surface area (Å²) in [6, 6.07) is 7.55. The van der Waals surface area contributed by atoms with Crippen LogP contribution in [0.4, 0.5) is 0 Å². The molecule has 0 amide bonds. The van der Waals surface area contributed by atoms with Crippen molar-refractivity contribution < 1.29 is 9.47 Å². The van der Waals surface area contributed by atoms with E-state index in [4.69, 9.17) is 9.47 Å². The number of rotatable bonds is 5. The molecule has 5 nitrogen and oxygen atoms in total. The van der Waals surface area contributed by atoms with Crippen LogP contribution in [0.15, 0.2) is 30.5 Å². The van der Waals surface area contributed by atoms with Gasteiger partial charge < -0.3 is 9.47 Å². The van der Waals surface area contributed by atoms with E-state index in [2.05, 4.69) is 15.4 Å². The van der Waals surface area contributed by atoms with Crippen molar-refractivity contribution in [1.82, 2.24) is 15.4 Å². The van der Waals surface area contributed by atoms with Gasteiger partial charge in [0, 0.05) is 6.07 Å². The highest BCUT2D eigenvalue weighted by molar-refractivity contribution is 5.34. The average Bonchev–Trinajstić information content (AvgIpc) is 3.05. The highest BCUT2D eigenvalue weighted by atomic mass is 16.5. The van der Waals surface area contributed by atoms with Crippen LogP contribution < -0.4 is 9.47 Å². The number of aromatic nitrogens is 3. The summed E-state index contributed by atoms with van der Waals surface area (Å²) >= 11 is 0. The van der Waals surface area contributed by atoms with Crippen molar-refractivity contribution in [2.75, 3.05) is 6.61 Å². The highest BCUT2D eigenvalue weighted by Crippen LogP contribution is 2.30. The maximum atomic E-state index is 5.67. The monoisotopic (exact) mass is 231 g/mol. The zero-order chi connectivity index (χ0) is 11.5. The lowest BCUT2D eigenvalue weighted by atomic mass is 10.3. The summed E-state index contributed by atoms with van der Waals surface area (Å²) in [6.45, 7) is 0.799. The third-order valence-corrected chi connectivity index (χ3v) is 2.60. The van der Waals surface area contributed by atoms with Crippen LogP contribution in [0.25, 0.3) is 0 Å². The predicted octanol–water partition coefficient (Wildman–Crippen LogP) is 2.39. The molecule has 0 saturated heterocycles. The molecule has 1 aromatic heterocycles. The standard InChI is InChI=1S/C12H13N3O2/c1-2-10(16-8-9-4-5-9)6-11(3-1)17-12-7-13-15-14-12/h1-3,6-7,9H,4-5,8H2,(H,13,14,15). The van der Waals surface area contributed by atoms with E-state index in [1.165, 1.54) is 12.8 Å². The van der Waals surface area contributed by atoms with Crippen molar-refractivity contribution in [1.29, 1.82) is 0 Å². The summed E-state index contributed by atoms with van der Waals surface area (Å²) in [6.07, 6.45) is 4.17. The summed E-state index contributed by atoms with van der Waals surface area (Å²) < 4.78 is 11.2. The number of ether oxygens (including phenoxy) is 2. The van der Waals surface area contributed by atoms with Gasteiger partial charge in [0.05, 0.1) is 12.8 Å². The Hall–Kier alpha value is -2.04. The molecular weight excluding hydrogens is 218 g/mol.